The maximum Gasteiger partial charge on any atom is 0.130 e. The van der Waals surface area contributed by atoms with Crippen LogP contribution in [0.2, 0.25) is 0 Å². The van der Waals surface area contributed by atoms with Crippen LogP contribution in [-0.2, 0) is 6.42 Å². The maximum absolute atomic E-state index is 4.73. The zero-order valence-electron chi connectivity index (χ0n) is 16.2. The Morgan fingerprint density at radius 3 is 2.33 bits per heavy atom. The smallest absolute Gasteiger partial charge is 0.130 e. The fraction of sp³-hybridized carbons (Fsp3) is 0.0400. The number of para-hydroxylation sites is 2. The lowest BCUT2D eigenvalue weighted by molar-refractivity contribution is 1.15. The highest BCUT2D eigenvalue weighted by Gasteiger charge is 2.04. The van der Waals surface area contributed by atoms with E-state index in [0.29, 0.717) is 6.42 Å². The average molecular weight is 389 g/mol. The quantitative estimate of drug-likeness (QED) is 0.382. The number of fused-ring (bicyclic) bond motifs is 2. The van der Waals surface area contributed by atoms with Gasteiger partial charge in [-0.15, -0.1) is 0 Å². The Bertz CT molecular complexity index is 1350. The summed E-state index contributed by atoms with van der Waals surface area (Å²) >= 11 is 0. The number of hydrogen-bond donors (Lipinski definition) is 1. The summed E-state index contributed by atoms with van der Waals surface area (Å²) < 4.78 is 0. The van der Waals surface area contributed by atoms with Crippen LogP contribution in [0.4, 0.5) is 17.2 Å². The van der Waals surface area contributed by atoms with Crippen LogP contribution in [0.1, 0.15) is 5.69 Å². The van der Waals surface area contributed by atoms with Crippen LogP contribution in [0, 0.1) is 0 Å². The fourth-order valence-electron chi connectivity index (χ4n) is 3.44. The average Bonchev–Trinajstić information content (AvgIpc) is 2.80. The molecule has 0 radical (unpaired) electrons. The van der Waals surface area contributed by atoms with Crippen LogP contribution in [0.15, 0.2) is 96.2 Å². The standard InChI is InChI=1S/C25H19N5/c1-3-9-21-19(7-1)23(13-16-27-21)26-15-12-18-6-5-11-25(29-18)30-24-14-17-28-22-10-4-2-8-20(22)24/h1-11,13-17H,12H2,(H,28,29,30). The molecule has 30 heavy (non-hydrogen) atoms. The van der Waals surface area contributed by atoms with Gasteiger partial charge in [0.25, 0.3) is 0 Å². The van der Waals surface area contributed by atoms with Crippen LogP contribution in [-0.4, -0.2) is 21.2 Å². The van der Waals surface area contributed by atoms with E-state index in [4.69, 9.17) is 4.98 Å². The fourth-order valence-corrected chi connectivity index (χ4v) is 3.44. The molecular weight excluding hydrogens is 370 g/mol. The third-order valence-electron chi connectivity index (χ3n) is 4.88. The molecule has 5 aromatic rings. The van der Waals surface area contributed by atoms with E-state index in [1.54, 1.807) is 12.4 Å². The van der Waals surface area contributed by atoms with Crippen molar-refractivity contribution in [1.82, 2.24) is 15.0 Å². The number of nitrogens with one attached hydrogen (secondary N) is 1. The molecule has 0 saturated carbocycles. The van der Waals surface area contributed by atoms with E-state index in [1.807, 2.05) is 79.0 Å². The van der Waals surface area contributed by atoms with Crippen molar-refractivity contribution in [3.05, 3.63) is 97.0 Å². The van der Waals surface area contributed by atoms with Gasteiger partial charge in [-0.25, -0.2) is 4.98 Å². The Morgan fingerprint density at radius 2 is 1.47 bits per heavy atom. The number of aromatic nitrogens is 3. The number of hydrogen-bond acceptors (Lipinski definition) is 5. The van der Waals surface area contributed by atoms with Crippen LogP contribution in [0.5, 0.6) is 0 Å². The number of anilines is 2. The predicted molar refractivity (Wildman–Crippen MR) is 123 cm³/mol. The highest BCUT2D eigenvalue weighted by Crippen LogP contribution is 2.25. The van der Waals surface area contributed by atoms with Crippen molar-refractivity contribution in [2.45, 2.75) is 6.42 Å². The van der Waals surface area contributed by atoms with E-state index in [1.165, 1.54) is 0 Å². The summed E-state index contributed by atoms with van der Waals surface area (Å²) in [5, 5.41) is 5.53. The van der Waals surface area contributed by atoms with Crippen molar-refractivity contribution in [1.29, 1.82) is 0 Å². The van der Waals surface area contributed by atoms with E-state index >= 15 is 0 Å². The lowest BCUT2D eigenvalue weighted by atomic mass is 10.2. The van der Waals surface area contributed by atoms with E-state index in [2.05, 4.69) is 26.3 Å². The molecule has 144 valence electrons. The van der Waals surface area contributed by atoms with Gasteiger partial charge < -0.3 is 5.32 Å². The zero-order valence-corrected chi connectivity index (χ0v) is 16.2. The number of aliphatic imine (C=N–C) groups is 1. The highest BCUT2D eigenvalue weighted by molar-refractivity contribution is 5.92. The summed E-state index contributed by atoms with van der Waals surface area (Å²) in [6.45, 7) is 0. The minimum atomic E-state index is 0.642. The number of nitrogens with zero attached hydrogens (tertiary/aromatic N) is 4. The van der Waals surface area contributed by atoms with Crippen LogP contribution in [0.3, 0.4) is 0 Å². The zero-order chi connectivity index (χ0) is 20.2. The molecule has 0 saturated heterocycles. The van der Waals surface area contributed by atoms with Crippen LogP contribution in [0.25, 0.3) is 21.8 Å². The molecule has 1 N–H and O–H groups in total. The molecule has 0 atom stereocenters. The third-order valence-corrected chi connectivity index (χ3v) is 4.88. The second-order valence-corrected chi connectivity index (χ2v) is 6.88. The van der Waals surface area contributed by atoms with Crippen molar-refractivity contribution >= 4 is 45.2 Å². The molecule has 5 rings (SSSR count). The Kier molecular flexibility index (Phi) is 4.84. The van der Waals surface area contributed by atoms with Gasteiger partial charge in [-0.2, -0.15) is 0 Å². The molecule has 5 nitrogen and oxygen atoms in total. The highest BCUT2D eigenvalue weighted by atomic mass is 15.0. The van der Waals surface area contributed by atoms with Crippen LogP contribution < -0.4 is 5.32 Å². The summed E-state index contributed by atoms with van der Waals surface area (Å²) in [6.07, 6.45) is 6.13. The van der Waals surface area contributed by atoms with Gasteiger partial charge in [0, 0.05) is 41.5 Å². The first-order valence-corrected chi connectivity index (χ1v) is 9.80. The monoisotopic (exact) mass is 389 g/mol. The number of benzene rings is 2. The molecule has 0 unspecified atom stereocenters. The van der Waals surface area contributed by atoms with Gasteiger partial charge >= 0.3 is 0 Å². The summed E-state index contributed by atoms with van der Waals surface area (Å²) in [4.78, 5) is 18.2. The molecule has 2 aromatic carbocycles. The lowest BCUT2D eigenvalue weighted by Crippen LogP contribution is -1.98. The van der Waals surface area contributed by atoms with Crippen molar-refractivity contribution in [3.63, 3.8) is 0 Å². The van der Waals surface area contributed by atoms with E-state index in [0.717, 1.165) is 44.7 Å². The minimum absolute atomic E-state index is 0.642. The maximum atomic E-state index is 4.73. The molecule has 0 bridgehead atoms. The summed E-state index contributed by atoms with van der Waals surface area (Å²) in [5.74, 6) is 0.798. The van der Waals surface area contributed by atoms with Gasteiger partial charge in [-0.05, 0) is 36.4 Å². The van der Waals surface area contributed by atoms with Gasteiger partial charge in [-0.1, -0.05) is 42.5 Å². The van der Waals surface area contributed by atoms with Gasteiger partial charge in [0.15, 0.2) is 0 Å². The molecule has 0 aliphatic heterocycles. The third kappa shape index (κ3) is 3.73. The van der Waals surface area contributed by atoms with Crippen molar-refractivity contribution < 1.29 is 0 Å². The molecule has 0 aliphatic rings. The first-order chi connectivity index (χ1) is 14.9. The van der Waals surface area contributed by atoms with Gasteiger partial charge in [0.2, 0.25) is 0 Å². The minimum Gasteiger partial charge on any atom is -0.340 e. The van der Waals surface area contributed by atoms with Gasteiger partial charge in [0.05, 0.1) is 22.4 Å². The Labute approximate surface area is 174 Å². The van der Waals surface area contributed by atoms with Crippen LogP contribution >= 0.6 is 0 Å². The second kappa shape index (κ2) is 8.09. The lowest BCUT2D eigenvalue weighted by Gasteiger charge is -2.09. The van der Waals surface area contributed by atoms with Crippen molar-refractivity contribution in [2.24, 2.45) is 4.99 Å². The van der Waals surface area contributed by atoms with E-state index in [9.17, 15) is 0 Å². The second-order valence-electron chi connectivity index (χ2n) is 6.88. The van der Waals surface area contributed by atoms with Crippen molar-refractivity contribution in [3.8, 4) is 0 Å². The number of rotatable bonds is 5. The molecule has 0 aliphatic carbocycles. The van der Waals surface area contributed by atoms with E-state index in [-0.39, 0.29) is 0 Å². The molecule has 3 heterocycles. The Morgan fingerprint density at radius 1 is 0.733 bits per heavy atom. The SMILES string of the molecule is C(Cc1cccc(Nc2ccnc3ccccc23)n1)=Nc1ccnc2ccccc12. The Hall–Kier alpha value is -4.12. The predicted octanol–water partition coefficient (Wildman–Crippen LogP) is 5.87. The van der Waals surface area contributed by atoms with Crippen molar-refractivity contribution in [2.75, 3.05) is 5.32 Å². The molecule has 0 amide bonds. The molecule has 0 spiro atoms. The van der Waals surface area contributed by atoms with Gasteiger partial charge in [0.1, 0.15) is 5.82 Å². The molecular formula is C25H19N5. The van der Waals surface area contributed by atoms with Gasteiger partial charge in [-0.3, -0.25) is 15.0 Å². The normalized spacial score (nSPS) is 11.3. The summed E-state index contributed by atoms with van der Waals surface area (Å²) in [7, 11) is 0. The Balaban J connectivity index is 1.35. The molecule has 0 fully saturated rings. The van der Waals surface area contributed by atoms with E-state index < -0.39 is 0 Å². The molecule has 3 aromatic heterocycles. The molecule has 5 heteroatoms. The largest absolute Gasteiger partial charge is 0.340 e. The number of pyridine rings is 3. The first kappa shape index (κ1) is 17.9. The first-order valence-electron chi connectivity index (χ1n) is 9.80. The summed E-state index contributed by atoms with van der Waals surface area (Å²) in [6, 6.07) is 25.9. The topological polar surface area (TPSA) is 63.1 Å². The summed E-state index contributed by atoms with van der Waals surface area (Å²) in [5.41, 5.74) is 4.75.